The molecule has 0 spiro atoms. The highest BCUT2D eigenvalue weighted by Crippen LogP contribution is 2.42. The van der Waals surface area contributed by atoms with Gasteiger partial charge in [0.1, 0.15) is 11.5 Å². The monoisotopic (exact) mass is 476 g/mol. The maximum absolute atomic E-state index is 13.1. The van der Waals surface area contributed by atoms with Gasteiger partial charge in [0.25, 0.3) is 0 Å². The van der Waals surface area contributed by atoms with E-state index in [1.165, 1.54) is 13.8 Å². The molecule has 0 saturated carbocycles. The third-order valence-electron chi connectivity index (χ3n) is 7.21. The lowest BCUT2D eigenvalue weighted by Gasteiger charge is -2.34. The van der Waals surface area contributed by atoms with E-state index in [-0.39, 0.29) is 58.9 Å². The van der Waals surface area contributed by atoms with Crippen LogP contribution in [-0.4, -0.2) is 45.1 Å². The highest BCUT2D eigenvalue weighted by molar-refractivity contribution is 6.21. The quantitative estimate of drug-likeness (QED) is 0.425. The summed E-state index contributed by atoms with van der Waals surface area (Å²) in [7, 11) is 0. The molecule has 2 aromatic carbocycles. The third kappa shape index (κ3) is 4.56. The molecule has 0 fully saturated rings. The lowest BCUT2D eigenvalue weighted by Crippen LogP contribution is -2.37. The Bertz CT molecular complexity index is 1250. The number of allylic oxidation sites excluding steroid dienone is 2. The van der Waals surface area contributed by atoms with E-state index in [4.69, 9.17) is 0 Å². The lowest BCUT2D eigenvalue weighted by atomic mass is 9.70. The van der Waals surface area contributed by atoms with Gasteiger partial charge in [-0.3, -0.25) is 19.2 Å². The summed E-state index contributed by atoms with van der Waals surface area (Å²) in [5.41, 5.74) is 2.52. The predicted molar refractivity (Wildman–Crippen MR) is 128 cm³/mol. The van der Waals surface area contributed by atoms with Crippen molar-refractivity contribution in [2.24, 2.45) is 17.8 Å². The highest BCUT2D eigenvalue weighted by Gasteiger charge is 2.40. The predicted octanol–water partition coefficient (Wildman–Crippen LogP) is 4.00. The largest absolute Gasteiger partial charge is 0.511 e. The van der Waals surface area contributed by atoms with Crippen LogP contribution in [0.5, 0.6) is 5.75 Å². The third-order valence-corrected chi connectivity index (χ3v) is 7.21. The van der Waals surface area contributed by atoms with Crippen molar-refractivity contribution in [3.63, 3.8) is 0 Å². The second-order valence-corrected chi connectivity index (χ2v) is 9.56. The van der Waals surface area contributed by atoms with Crippen molar-refractivity contribution < 1.29 is 34.5 Å². The van der Waals surface area contributed by atoms with Crippen molar-refractivity contribution in [1.82, 2.24) is 0 Å². The maximum atomic E-state index is 13.1. The van der Waals surface area contributed by atoms with E-state index < -0.39 is 24.1 Å². The molecule has 2 aliphatic rings. The number of hydrogen-bond acceptors (Lipinski definition) is 7. The van der Waals surface area contributed by atoms with Crippen LogP contribution in [0.3, 0.4) is 0 Å². The van der Waals surface area contributed by atoms with Crippen molar-refractivity contribution >= 4 is 23.1 Å². The number of aliphatic hydroxyl groups is 2. The van der Waals surface area contributed by atoms with Crippen molar-refractivity contribution in [2.45, 2.75) is 39.5 Å². The first kappa shape index (κ1) is 24.5. The SMILES string of the molecule is CC(=O)C1=C(O)CC(CC2CC(=O)c3c(ccc(-c4ccc(C(C)=O)cc4)c3O)C2)C(CO)C1=O. The number of Topliss-reactive ketones (excluding diaryl/α,β-unsaturated/α-hetero) is 4. The van der Waals surface area contributed by atoms with Crippen LogP contribution < -0.4 is 0 Å². The zero-order valence-electron chi connectivity index (χ0n) is 19.7. The van der Waals surface area contributed by atoms with Crippen LogP contribution in [0.15, 0.2) is 47.7 Å². The van der Waals surface area contributed by atoms with Crippen LogP contribution in [0, 0.1) is 17.8 Å². The summed E-state index contributed by atoms with van der Waals surface area (Å²) < 4.78 is 0. The van der Waals surface area contributed by atoms with Crippen molar-refractivity contribution in [3.05, 3.63) is 64.4 Å². The molecule has 0 bridgehead atoms. The van der Waals surface area contributed by atoms with E-state index in [1.807, 2.05) is 6.07 Å². The Labute approximate surface area is 203 Å². The number of rotatable bonds is 6. The van der Waals surface area contributed by atoms with Gasteiger partial charge in [-0.15, -0.1) is 0 Å². The van der Waals surface area contributed by atoms with E-state index in [0.29, 0.717) is 35.1 Å². The van der Waals surface area contributed by atoms with Crippen molar-refractivity contribution in [3.8, 4) is 16.9 Å². The Morgan fingerprint density at radius 1 is 0.914 bits per heavy atom. The Morgan fingerprint density at radius 3 is 2.20 bits per heavy atom. The summed E-state index contributed by atoms with van der Waals surface area (Å²) in [6, 6.07) is 10.4. The topological polar surface area (TPSA) is 129 Å². The lowest BCUT2D eigenvalue weighted by molar-refractivity contribution is -0.127. The molecule has 0 heterocycles. The summed E-state index contributed by atoms with van der Waals surface area (Å²) in [6.07, 6.45) is 1.20. The summed E-state index contributed by atoms with van der Waals surface area (Å²) >= 11 is 0. The average molecular weight is 477 g/mol. The van der Waals surface area contributed by atoms with Gasteiger partial charge < -0.3 is 15.3 Å². The van der Waals surface area contributed by atoms with Gasteiger partial charge in [0.05, 0.1) is 17.7 Å². The van der Waals surface area contributed by atoms with Gasteiger partial charge in [0.2, 0.25) is 0 Å². The summed E-state index contributed by atoms with van der Waals surface area (Å²) in [4.78, 5) is 49.1. The molecule has 0 saturated heterocycles. The molecule has 4 rings (SSSR count). The number of aliphatic hydroxyl groups excluding tert-OH is 2. The average Bonchev–Trinajstić information content (AvgIpc) is 2.79. The molecule has 7 nitrogen and oxygen atoms in total. The molecule has 182 valence electrons. The highest BCUT2D eigenvalue weighted by atomic mass is 16.3. The molecule has 0 amide bonds. The van der Waals surface area contributed by atoms with E-state index >= 15 is 0 Å². The number of carbonyl (C=O) groups is 4. The number of carbonyl (C=O) groups excluding carboxylic acids is 4. The van der Waals surface area contributed by atoms with Gasteiger partial charge in [0, 0.05) is 29.9 Å². The van der Waals surface area contributed by atoms with Crippen LogP contribution in [0.2, 0.25) is 0 Å². The van der Waals surface area contributed by atoms with Gasteiger partial charge in [-0.05, 0) is 49.7 Å². The summed E-state index contributed by atoms with van der Waals surface area (Å²) in [5.74, 6) is -2.99. The minimum Gasteiger partial charge on any atom is -0.511 e. The van der Waals surface area contributed by atoms with Crippen LogP contribution in [0.25, 0.3) is 11.1 Å². The van der Waals surface area contributed by atoms with Gasteiger partial charge in [0.15, 0.2) is 23.1 Å². The van der Waals surface area contributed by atoms with E-state index in [9.17, 15) is 34.5 Å². The standard InChI is InChI=1S/C28H28O7/c1-14(30)17-3-5-18(6-4-17)21-8-7-19-9-16(11-23(32)26(19)27(21)34)10-20-12-24(33)25(15(2)31)28(35)22(20)13-29/h3-8,16,20,22,29,33-34H,9-13H2,1-2H3. The van der Waals surface area contributed by atoms with Crippen molar-refractivity contribution in [2.75, 3.05) is 6.61 Å². The smallest absolute Gasteiger partial charge is 0.175 e. The Kier molecular flexibility index (Phi) is 6.72. The van der Waals surface area contributed by atoms with Crippen LogP contribution in [-0.2, 0) is 16.0 Å². The summed E-state index contributed by atoms with van der Waals surface area (Å²) in [6.45, 7) is 2.26. The van der Waals surface area contributed by atoms with Crippen LogP contribution in [0.4, 0.5) is 0 Å². The van der Waals surface area contributed by atoms with Crippen molar-refractivity contribution in [1.29, 1.82) is 0 Å². The first-order valence-electron chi connectivity index (χ1n) is 11.7. The number of ketones is 4. The number of aromatic hydroxyl groups is 1. The number of phenolic OH excluding ortho intramolecular Hbond substituents is 1. The number of benzene rings is 2. The van der Waals surface area contributed by atoms with E-state index in [0.717, 1.165) is 0 Å². The van der Waals surface area contributed by atoms with Crippen LogP contribution >= 0.6 is 0 Å². The molecular weight excluding hydrogens is 448 g/mol. The molecule has 3 atom stereocenters. The maximum Gasteiger partial charge on any atom is 0.175 e. The second kappa shape index (κ2) is 9.58. The molecule has 2 aromatic rings. The van der Waals surface area contributed by atoms with Crippen LogP contribution in [0.1, 0.15) is 59.4 Å². The van der Waals surface area contributed by atoms with E-state index in [2.05, 4.69) is 0 Å². The molecule has 35 heavy (non-hydrogen) atoms. The number of phenols is 1. The Balaban J connectivity index is 1.57. The molecule has 3 unspecified atom stereocenters. The second-order valence-electron chi connectivity index (χ2n) is 9.56. The zero-order valence-corrected chi connectivity index (χ0v) is 19.7. The van der Waals surface area contributed by atoms with Gasteiger partial charge in [-0.25, -0.2) is 0 Å². The molecule has 7 heteroatoms. The molecule has 2 aliphatic carbocycles. The normalized spacial score (nSPS) is 22.2. The van der Waals surface area contributed by atoms with Gasteiger partial charge >= 0.3 is 0 Å². The van der Waals surface area contributed by atoms with E-state index in [1.54, 1.807) is 30.3 Å². The Morgan fingerprint density at radius 2 is 1.60 bits per heavy atom. The molecule has 3 N–H and O–H groups in total. The first-order valence-corrected chi connectivity index (χ1v) is 11.7. The molecule has 0 radical (unpaired) electrons. The molecule has 0 aliphatic heterocycles. The summed E-state index contributed by atoms with van der Waals surface area (Å²) in [5, 5.41) is 31.1. The number of fused-ring (bicyclic) bond motifs is 1. The Hall–Kier alpha value is -3.58. The fourth-order valence-corrected chi connectivity index (χ4v) is 5.46. The minimum absolute atomic E-state index is 0.0585. The molecular formula is C28H28O7. The first-order chi connectivity index (χ1) is 16.6. The minimum atomic E-state index is -0.796. The van der Waals surface area contributed by atoms with Gasteiger partial charge in [-0.1, -0.05) is 36.4 Å². The fourth-order valence-electron chi connectivity index (χ4n) is 5.46. The fraction of sp³-hybridized carbons (Fsp3) is 0.357. The number of hydrogen-bond donors (Lipinski definition) is 3. The van der Waals surface area contributed by atoms with Gasteiger partial charge in [-0.2, -0.15) is 0 Å². The zero-order chi connectivity index (χ0) is 25.4. The molecule has 0 aromatic heterocycles.